The average Bonchev–Trinajstić information content (AvgIpc) is 3.08. The predicted octanol–water partition coefficient (Wildman–Crippen LogP) is 4.86. The minimum Gasteiger partial charge on any atom is -0.351 e. The fourth-order valence-electron chi connectivity index (χ4n) is 2.58. The van der Waals surface area contributed by atoms with Crippen LogP contribution < -0.4 is 5.32 Å². The summed E-state index contributed by atoms with van der Waals surface area (Å²) < 4.78 is 14.8. The van der Waals surface area contributed by atoms with E-state index >= 15 is 0 Å². The number of unbranched alkanes of at least 4 members (excludes halogenated alkanes) is 1. The molecule has 0 unspecified atom stereocenters. The molecular weight excluding hydrogens is 353 g/mol. The minimum atomic E-state index is -0.319. The van der Waals surface area contributed by atoms with Gasteiger partial charge in [0, 0.05) is 17.1 Å². The van der Waals surface area contributed by atoms with Crippen LogP contribution in [-0.4, -0.2) is 22.2 Å². The van der Waals surface area contributed by atoms with Gasteiger partial charge in [-0.15, -0.1) is 0 Å². The maximum absolute atomic E-state index is 13.2. The molecule has 3 rings (SSSR count). The number of nitrogens with zero attached hydrogens (tertiary/aromatic N) is 2. The van der Waals surface area contributed by atoms with Gasteiger partial charge in [0.15, 0.2) is 0 Å². The third kappa shape index (κ3) is 4.11. The summed E-state index contributed by atoms with van der Waals surface area (Å²) in [6, 6.07) is 14.9. The van der Waals surface area contributed by atoms with Gasteiger partial charge in [-0.1, -0.05) is 31.0 Å². The number of hydrogen-bond acceptors (Lipinski definition) is 2. The van der Waals surface area contributed by atoms with Gasteiger partial charge in [-0.2, -0.15) is 5.10 Å². The zero-order valence-corrected chi connectivity index (χ0v) is 15.1. The minimum absolute atomic E-state index is 0.209. The Morgan fingerprint density at radius 2 is 1.96 bits per heavy atom. The Labute approximate surface area is 156 Å². The Morgan fingerprint density at radius 3 is 2.65 bits per heavy atom. The topological polar surface area (TPSA) is 46.9 Å². The van der Waals surface area contributed by atoms with Gasteiger partial charge in [-0.3, -0.25) is 4.79 Å². The molecule has 1 N–H and O–H groups in total. The summed E-state index contributed by atoms with van der Waals surface area (Å²) in [5.41, 5.74) is 2.41. The second kappa shape index (κ2) is 8.15. The van der Waals surface area contributed by atoms with Gasteiger partial charge in [0.1, 0.15) is 11.5 Å². The van der Waals surface area contributed by atoms with Crippen molar-refractivity contribution in [2.45, 2.75) is 19.8 Å². The highest BCUT2D eigenvalue weighted by Gasteiger charge is 2.17. The van der Waals surface area contributed by atoms with Gasteiger partial charge in [0.2, 0.25) is 0 Å². The van der Waals surface area contributed by atoms with Gasteiger partial charge in [-0.05, 0) is 55.0 Å². The molecular formula is C20H19ClFN3O. The Morgan fingerprint density at radius 1 is 1.19 bits per heavy atom. The zero-order valence-electron chi connectivity index (χ0n) is 14.4. The van der Waals surface area contributed by atoms with E-state index in [1.165, 1.54) is 12.1 Å². The van der Waals surface area contributed by atoms with Gasteiger partial charge in [-0.25, -0.2) is 9.07 Å². The molecule has 26 heavy (non-hydrogen) atoms. The molecule has 1 amide bonds. The normalized spacial score (nSPS) is 10.7. The van der Waals surface area contributed by atoms with Gasteiger partial charge >= 0.3 is 0 Å². The largest absolute Gasteiger partial charge is 0.351 e. The molecule has 0 spiro atoms. The number of halogens is 2. The quantitative estimate of drug-likeness (QED) is 0.629. The number of benzene rings is 2. The Hall–Kier alpha value is -2.66. The molecule has 0 radical (unpaired) electrons. The van der Waals surface area contributed by atoms with Crippen molar-refractivity contribution in [1.29, 1.82) is 0 Å². The lowest BCUT2D eigenvalue weighted by Gasteiger charge is -2.08. The van der Waals surface area contributed by atoms with Crippen molar-refractivity contribution in [3.63, 3.8) is 0 Å². The van der Waals surface area contributed by atoms with Crippen molar-refractivity contribution < 1.29 is 9.18 Å². The van der Waals surface area contributed by atoms with E-state index in [2.05, 4.69) is 17.3 Å². The number of hydrogen-bond donors (Lipinski definition) is 1. The van der Waals surface area contributed by atoms with Gasteiger partial charge < -0.3 is 5.32 Å². The van der Waals surface area contributed by atoms with E-state index in [9.17, 15) is 9.18 Å². The SMILES string of the molecule is CCCCNC(=O)c1cc(-c2ccc(F)cc2)nn1-c1cccc(Cl)c1. The lowest BCUT2D eigenvalue weighted by Crippen LogP contribution is -2.26. The first-order valence-corrected chi connectivity index (χ1v) is 8.86. The van der Waals surface area contributed by atoms with Crippen LogP contribution >= 0.6 is 11.6 Å². The number of amides is 1. The molecule has 0 bridgehead atoms. The summed E-state index contributed by atoms with van der Waals surface area (Å²) in [5, 5.41) is 8.01. The molecule has 0 saturated heterocycles. The molecule has 0 aliphatic rings. The third-order valence-corrected chi connectivity index (χ3v) is 4.19. The van der Waals surface area contributed by atoms with Crippen LogP contribution in [0.5, 0.6) is 0 Å². The van der Waals surface area contributed by atoms with Crippen LogP contribution in [0.2, 0.25) is 5.02 Å². The monoisotopic (exact) mass is 371 g/mol. The second-order valence-electron chi connectivity index (χ2n) is 5.92. The van der Waals surface area contributed by atoms with Crippen LogP contribution in [0.15, 0.2) is 54.6 Å². The first-order valence-electron chi connectivity index (χ1n) is 8.48. The molecule has 1 heterocycles. The summed E-state index contributed by atoms with van der Waals surface area (Å²) in [5.74, 6) is -0.528. The fourth-order valence-corrected chi connectivity index (χ4v) is 2.76. The molecule has 2 aromatic carbocycles. The number of aromatic nitrogens is 2. The molecule has 0 saturated carbocycles. The number of nitrogens with one attached hydrogen (secondary N) is 1. The summed E-state index contributed by atoms with van der Waals surface area (Å²) in [6.45, 7) is 2.66. The molecule has 3 aromatic rings. The smallest absolute Gasteiger partial charge is 0.270 e. The van der Waals surface area contributed by atoms with Gasteiger partial charge in [0.05, 0.1) is 11.4 Å². The second-order valence-corrected chi connectivity index (χ2v) is 6.36. The number of carbonyl (C=O) groups is 1. The van der Waals surface area contributed by atoms with Crippen molar-refractivity contribution in [2.75, 3.05) is 6.54 Å². The van der Waals surface area contributed by atoms with Crippen molar-refractivity contribution >= 4 is 17.5 Å². The van der Waals surface area contributed by atoms with Crippen LogP contribution in [0, 0.1) is 5.82 Å². The number of carbonyl (C=O) groups excluding carboxylic acids is 1. The Bertz CT molecular complexity index is 906. The highest BCUT2D eigenvalue weighted by atomic mass is 35.5. The third-order valence-electron chi connectivity index (χ3n) is 3.95. The molecule has 0 aliphatic carbocycles. The highest BCUT2D eigenvalue weighted by molar-refractivity contribution is 6.30. The van der Waals surface area contributed by atoms with Crippen LogP contribution in [0.1, 0.15) is 30.3 Å². The van der Waals surface area contributed by atoms with E-state index in [0.717, 1.165) is 18.4 Å². The van der Waals surface area contributed by atoms with Crippen LogP contribution in [0.3, 0.4) is 0 Å². The molecule has 0 atom stereocenters. The predicted molar refractivity (Wildman–Crippen MR) is 101 cm³/mol. The molecule has 0 fully saturated rings. The molecule has 4 nitrogen and oxygen atoms in total. The van der Waals surface area contributed by atoms with Crippen molar-refractivity contribution in [3.8, 4) is 16.9 Å². The standard InChI is InChI=1S/C20H19ClFN3O/c1-2-3-11-23-20(26)19-13-18(14-7-9-16(22)10-8-14)24-25(19)17-6-4-5-15(21)12-17/h4-10,12-13H,2-3,11H2,1H3,(H,23,26). The summed E-state index contributed by atoms with van der Waals surface area (Å²) in [4.78, 5) is 12.6. The van der Waals surface area contributed by atoms with E-state index < -0.39 is 0 Å². The summed E-state index contributed by atoms with van der Waals surface area (Å²) in [7, 11) is 0. The average molecular weight is 372 g/mol. The maximum atomic E-state index is 13.2. The molecule has 0 aliphatic heterocycles. The Balaban J connectivity index is 2.02. The summed E-state index contributed by atoms with van der Waals surface area (Å²) >= 11 is 6.09. The van der Waals surface area contributed by atoms with E-state index in [-0.39, 0.29) is 11.7 Å². The fraction of sp³-hybridized carbons (Fsp3) is 0.200. The van der Waals surface area contributed by atoms with E-state index in [1.54, 1.807) is 41.1 Å². The van der Waals surface area contributed by atoms with Crippen molar-refractivity contribution in [3.05, 3.63) is 71.1 Å². The van der Waals surface area contributed by atoms with Gasteiger partial charge in [0.25, 0.3) is 5.91 Å². The lowest BCUT2D eigenvalue weighted by atomic mass is 10.1. The van der Waals surface area contributed by atoms with Crippen molar-refractivity contribution in [2.24, 2.45) is 0 Å². The maximum Gasteiger partial charge on any atom is 0.270 e. The zero-order chi connectivity index (χ0) is 18.5. The first-order chi connectivity index (χ1) is 12.6. The molecule has 134 valence electrons. The van der Waals surface area contributed by atoms with E-state index in [1.807, 2.05) is 6.07 Å². The number of rotatable bonds is 6. The lowest BCUT2D eigenvalue weighted by molar-refractivity contribution is 0.0945. The highest BCUT2D eigenvalue weighted by Crippen LogP contribution is 2.23. The van der Waals surface area contributed by atoms with Crippen LogP contribution in [0.4, 0.5) is 4.39 Å². The summed E-state index contributed by atoms with van der Waals surface area (Å²) in [6.07, 6.45) is 1.90. The molecule has 1 aromatic heterocycles. The van der Waals surface area contributed by atoms with E-state index in [4.69, 9.17) is 11.6 Å². The van der Waals surface area contributed by atoms with E-state index in [0.29, 0.717) is 28.6 Å². The molecule has 6 heteroatoms. The van der Waals surface area contributed by atoms with Crippen LogP contribution in [-0.2, 0) is 0 Å². The first kappa shape index (κ1) is 18.1. The van der Waals surface area contributed by atoms with Crippen LogP contribution in [0.25, 0.3) is 16.9 Å². The van der Waals surface area contributed by atoms with Crippen molar-refractivity contribution in [1.82, 2.24) is 15.1 Å². The Kier molecular flexibility index (Phi) is 5.68.